The highest BCUT2D eigenvalue weighted by Crippen LogP contribution is 2.28. The zero-order valence-corrected chi connectivity index (χ0v) is 17.4. The van der Waals surface area contributed by atoms with E-state index in [2.05, 4.69) is 20.1 Å². The average Bonchev–Trinajstić information content (AvgIpc) is 3.26. The molecule has 0 spiro atoms. The smallest absolute Gasteiger partial charge is 0.278 e. The minimum absolute atomic E-state index is 0.00208. The molecule has 3 aromatic rings. The first-order valence-corrected chi connectivity index (χ1v) is 10.1. The second-order valence-corrected chi connectivity index (χ2v) is 7.67. The van der Waals surface area contributed by atoms with Gasteiger partial charge in [-0.1, -0.05) is 22.9 Å². The average molecular weight is 407 g/mol. The molecule has 1 amide bonds. The molecule has 1 saturated heterocycles. The standard InChI is InChI=1S/C22H25N5O3/c1-14-4-6-18(7-5-14)29-16(3)22(28)27-10-8-17(9-11-27)20-25-21(30-26-20)19-13-23-15(2)12-24-19/h4-7,12-13,16-17H,8-11H2,1-3H3. The molecule has 30 heavy (non-hydrogen) atoms. The first kappa shape index (κ1) is 20.0. The van der Waals surface area contributed by atoms with Crippen molar-refractivity contribution in [2.45, 2.75) is 45.6 Å². The number of aryl methyl sites for hydroxylation is 2. The van der Waals surface area contributed by atoms with Crippen molar-refractivity contribution in [3.05, 3.63) is 53.7 Å². The van der Waals surface area contributed by atoms with Gasteiger partial charge in [-0.25, -0.2) is 4.98 Å². The highest BCUT2D eigenvalue weighted by atomic mass is 16.5. The summed E-state index contributed by atoms with van der Waals surface area (Å²) in [5, 5.41) is 4.12. The van der Waals surface area contributed by atoms with E-state index in [0.29, 0.717) is 36.2 Å². The highest BCUT2D eigenvalue weighted by molar-refractivity contribution is 5.81. The molecule has 3 heterocycles. The molecule has 0 aliphatic carbocycles. The lowest BCUT2D eigenvalue weighted by atomic mass is 9.96. The summed E-state index contributed by atoms with van der Waals surface area (Å²) in [4.78, 5) is 27.6. The van der Waals surface area contributed by atoms with Gasteiger partial charge in [0.25, 0.3) is 11.8 Å². The molecule has 2 aromatic heterocycles. The topological polar surface area (TPSA) is 94.2 Å². The summed E-state index contributed by atoms with van der Waals surface area (Å²) in [5.74, 6) is 1.88. The van der Waals surface area contributed by atoms with Crippen LogP contribution in [0.4, 0.5) is 0 Å². The van der Waals surface area contributed by atoms with Gasteiger partial charge in [-0.15, -0.1) is 0 Å². The highest BCUT2D eigenvalue weighted by Gasteiger charge is 2.30. The van der Waals surface area contributed by atoms with E-state index in [4.69, 9.17) is 9.26 Å². The Kier molecular flexibility index (Phi) is 5.74. The number of carbonyl (C=O) groups excluding carboxylic acids is 1. The molecular weight excluding hydrogens is 382 g/mol. The fraction of sp³-hybridized carbons (Fsp3) is 0.409. The lowest BCUT2D eigenvalue weighted by Gasteiger charge is -2.32. The third-order valence-electron chi connectivity index (χ3n) is 5.30. The van der Waals surface area contributed by atoms with Gasteiger partial charge in [0.05, 0.1) is 11.9 Å². The lowest BCUT2D eigenvalue weighted by molar-refractivity contribution is -0.139. The Labute approximate surface area is 175 Å². The van der Waals surface area contributed by atoms with Crippen molar-refractivity contribution in [1.29, 1.82) is 0 Å². The second kappa shape index (κ2) is 8.61. The van der Waals surface area contributed by atoms with E-state index in [1.54, 1.807) is 19.3 Å². The number of likely N-dealkylation sites (tertiary alicyclic amines) is 1. The molecule has 8 nitrogen and oxygen atoms in total. The van der Waals surface area contributed by atoms with Crippen LogP contribution < -0.4 is 4.74 Å². The van der Waals surface area contributed by atoms with Crippen LogP contribution in [0.25, 0.3) is 11.6 Å². The number of hydrogen-bond donors (Lipinski definition) is 0. The normalized spacial score (nSPS) is 15.8. The molecule has 1 aliphatic rings. The number of ether oxygens (including phenoxy) is 1. The Morgan fingerprint density at radius 3 is 2.53 bits per heavy atom. The molecule has 0 N–H and O–H groups in total. The van der Waals surface area contributed by atoms with E-state index in [0.717, 1.165) is 24.1 Å². The Bertz CT molecular complexity index is 992. The number of hydrogen-bond acceptors (Lipinski definition) is 7. The van der Waals surface area contributed by atoms with Gasteiger partial charge in [0.1, 0.15) is 11.4 Å². The predicted molar refractivity (Wildman–Crippen MR) is 110 cm³/mol. The van der Waals surface area contributed by atoms with E-state index in [1.807, 2.05) is 43.0 Å². The number of benzene rings is 1. The molecule has 1 aliphatic heterocycles. The fourth-order valence-electron chi connectivity index (χ4n) is 3.49. The molecule has 1 unspecified atom stereocenters. The van der Waals surface area contributed by atoms with E-state index >= 15 is 0 Å². The van der Waals surface area contributed by atoms with Gasteiger partial charge in [-0.2, -0.15) is 4.98 Å². The first-order chi connectivity index (χ1) is 14.5. The van der Waals surface area contributed by atoms with Crippen LogP contribution in [0, 0.1) is 13.8 Å². The summed E-state index contributed by atoms with van der Waals surface area (Å²) in [6.45, 7) is 6.96. The molecule has 0 saturated carbocycles. The maximum atomic E-state index is 12.8. The van der Waals surface area contributed by atoms with Crippen molar-refractivity contribution in [1.82, 2.24) is 25.0 Å². The van der Waals surface area contributed by atoms with Gasteiger partial charge in [-0.05, 0) is 45.7 Å². The minimum Gasteiger partial charge on any atom is -0.481 e. The van der Waals surface area contributed by atoms with Crippen molar-refractivity contribution >= 4 is 5.91 Å². The Hall–Kier alpha value is -3.29. The summed E-state index contributed by atoms with van der Waals surface area (Å²) in [6.07, 6.45) is 4.33. The third kappa shape index (κ3) is 4.48. The summed E-state index contributed by atoms with van der Waals surface area (Å²) in [6, 6.07) is 7.72. The molecule has 4 rings (SSSR count). The molecule has 1 atom stereocenters. The summed E-state index contributed by atoms with van der Waals surface area (Å²) in [7, 11) is 0. The zero-order valence-electron chi connectivity index (χ0n) is 17.4. The Balaban J connectivity index is 1.32. The summed E-state index contributed by atoms with van der Waals surface area (Å²) < 4.78 is 11.2. The first-order valence-electron chi connectivity index (χ1n) is 10.1. The van der Waals surface area contributed by atoms with Crippen LogP contribution in [0.5, 0.6) is 5.75 Å². The lowest BCUT2D eigenvalue weighted by Crippen LogP contribution is -2.44. The Morgan fingerprint density at radius 2 is 1.87 bits per heavy atom. The van der Waals surface area contributed by atoms with E-state index in [-0.39, 0.29) is 11.8 Å². The summed E-state index contributed by atoms with van der Waals surface area (Å²) in [5.41, 5.74) is 2.55. The number of aromatic nitrogens is 4. The van der Waals surface area contributed by atoms with Crippen LogP contribution in [0.3, 0.4) is 0 Å². The summed E-state index contributed by atoms with van der Waals surface area (Å²) >= 11 is 0. The molecule has 1 aromatic carbocycles. The SMILES string of the molecule is Cc1ccc(OC(C)C(=O)N2CCC(c3noc(-c4cnc(C)cn4)n3)CC2)cc1. The van der Waals surface area contributed by atoms with E-state index in [1.165, 1.54) is 0 Å². The maximum Gasteiger partial charge on any atom is 0.278 e. The van der Waals surface area contributed by atoms with Gasteiger partial charge in [0.15, 0.2) is 11.9 Å². The van der Waals surface area contributed by atoms with Crippen LogP contribution in [0.1, 0.15) is 42.8 Å². The number of carbonyl (C=O) groups is 1. The van der Waals surface area contributed by atoms with Crippen LogP contribution in [-0.2, 0) is 4.79 Å². The second-order valence-electron chi connectivity index (χ2n) is 7.67. The monoisotopic (exact) mass is 407 g/mol. The minimum atomic E-state index is -0.527. The Morgan fingerprint density at radius 1 is 1.13 bits per heavy atom. The van der Waals surface area contributed by atoms with Gasteiger partial charge in [-0.3, -0.25) is 9.78 Å². The predicted octanol–water partition coefficient (Wildman–Crippen LogP) is 3.32. The molecule has 0 bridgehead atoms. The van der Waals surface area contributed by atoms with Gasteiger partial charge in [0, 0.05) is 25.2 Å². The number of nitrogens with zero attached hydrogens (tertiary/aromatic N) is 5. The van der Waals surface area contributed by atoms with Gasteiger partial charge < -0.3 is 14.2 Å². The van der Waals surface area contributed by atoms with Crippen molar-refractivity contribution < 1.29 is 14.1 Å². The number of amides is 1. The molecule has 1 fully saturated rings. The van der Waals surface area contributed by atoms with E-state index < -0.39 is 6.10 Å². The fourth-order valence-corrected chi connectivity index (χ4v) is 3.49. The van der Waals surface area contributed by atoms with Crippen LogP contribution >= 0.6 is 0 Å². The van der Waals surface area contributed by atoms with Crippen molar-refractivity contribution in [2.24, 2.45) is 0 Å². The molecule has 156 valence electrons. The third-order valence-corrected chi connectivity index (χ3v) is 5.30. The van der Waals surface area contributed by atoms with E-state index in [9.17, 15) is 4.79 Å². The van der Waals surface area contributed by atoms with Crippen molar-refractivity contribution in [3.63, 3.8) is 0 Å². The number of piperidine rings is 1. The maximum absolute atomic E-state index is 12.8. The number of rotatable bonds is 5. The van der Waals surface area contributed by atoms with Crippen molar-refractivity contribution in [3.8, 4) is 17.3 Å². The molecular formula is C22H25N5O3. The quantitative estimate of drug-likeness (QED) is 0.640. The van der Waals surface area contributed by atoms with Crippen molar-refractivity contribution in [2.75, 3.05) is 13.1 Å². The molecule has 8 heteroatoms. The zero-order chi connectivity index (χ0) is 21.1. The van der Waals surface area contributed by atoms with Gasteiger partial charge in [0.2, 0.25) is 0 Å². The van der Waals surface area contributed by atoms with Crippen LogP contribution in [-0.4, -0.2) is 50.1 Å². The van der Waals surface area contributed by atoms with Crippen LogP contribution in [0.2, 0.25) is 0 Å². The largest absolute Gasteiger partial charge is 0.481 e. The molecule has 0 radical (unpaired) electrons. The van der Waals surface area contributed by atoms with Gasteiger partial charge >= 0.3 is 0 Å². The van der Waals surface area contributed by atoms with Crippen LogP contribution in [0.15, 0.2) is 41.2 Å².